The van der Waals surface area contributed by atoms with Crippen LogP contribution in [0.3, 0.4) is 0 Å². The zero-order valence-electron chi connectivity index (χ0n) is 6.85. The Labute approximate surface area is 84.9 Å². The molecule has 78 valence electrons. The third-order valence-electron chi connectivity index (χ3n) is 1.62. The van der Waals surface area contributed by atoms with Gasteiger partial charge in [0.15, 0.2) is 0 Å². The molecule has 6 heteroatoms. The molecule has 0 saturated carbocycles. The fraction of sp³-hybridized carbons (Fsp3) is 0.250. The standard InChI is InChI=1S/C8H4BrF5/c1-3-2-4(10)5(8(12,13)14)6(9)7(3)11/h2H,1H3. The van der Waals surface area contributed by atoms with E-state index in [1.807, 2.05) is 0 Å². The molecule has 1 rings (SSSR count). The molecule has 0 nitrogen and oxygen atoms in total. The van der Waals surface area contributed by atoms with Gasteiger partial charge in [-0.3, -0.25) is 0 Å². The van der Waals surface area contributed by atoms with Crippen LogP contribution in [-0.4, -0.2) is 0 Å². The first-order valence-electron chi connectivity index (χ1n) is 3.46. The topological polar surface area (TPSA) is 0 Å². The second-order valence-electron chi connectivity index (χ2n) is 2.68. The summed E-state index contributed by atoms with van der Waals surface area (Å²) in [5.74, 6) is -2.58. The summed E-state index contributed by atoms with van der Waals surface area (Å²) in [6.45, 7) is 1.18. The van der Waals surface area contributed by atoms with Gasteiger partial charge in [-0.1, -0.05) is 0 Å². The Hall–Kier alpha value is -0.650. The minimum absolute atomic E-state index is 0.178. The normalized spacial score (nSPS) is 11.9. The Morgan fingerprint density at radius 2 is 1.71 bits per heavy atom. The molecule has 0 radical (unpaired) electrons. The van der Waals surface area contributed by atoms with E-state index < -0.39 is 27.8 Å². The van der Waals surface area contributed by atoms with E-state index >= 15 is 0 Å². The molecule has 0 spiro atoms. The van der Waals surface area contributed by atoms with Gasteiger partial charge in [0.25, 0.3) is 0 Å². The van der Waals surface area contributed by atoms with Gasteiger partial charge in [-0.05, 0) is 34.5 Å². The molecule has 0 aliphatic carbocycles. The van der Waals surface area contributed by atoms with Crippen molar-refractivity contribution in [1.82, 2.24) is 0 Å². The van der Waals surface area contributed by atoms with Crippen LogP contribution in [0.2, 0.25) is 0 Å². The molecule has 0 aliphatic rings. The highest BCUT2D eigenvalue weighted by Crippen LogP contribution is 2.38. The number of hydrogen-bond acceptors (Lipinski definition) is 0. The monoisotopic (exact) mass is 274 g/mol. The molecule has 0 saturated heterocycles. The predicted octanol–water partition coefficient (Wildman–Crippen LogP) is 4.05. The fourth-order valence-electron chi connectivity index (χ4n) is 0.973. The van der Waals surface area contributed by atoms with Gasteiger partial charge < -0.3 is 0 Å². The van der Waals surface area contributed by atoms with Crippen molar-refractivity contribution in [3.05, 3.63) is 33.3 Å². The number of hydrogen-bond donors (Lipinski definition) is 0. The van der Waals surface area contributed by atoms with E-state index in [1.54, 1.807) is 0 Å². The highest BCUT2D eigenvalue weighted by atomic mass is 79.9. The molecule has 0 fully saturated rings. The van der Waals surface area contributed by atoms with E-state index in [1.165, 1.54) is 6.92 Å². The molecule has 0 atom stereocenters. The minimum atomic E-state index is -4.91. The maximum Gasteiger partial charge on any atom is 0.420 e. The molecule has 0 bridgehead atoms. The summed E-state index contributed by atoms with van der Waals surface area (Å²) in [4.78, 5) is 0. The van der Waals surface area contributed by atoms with Gasteiger partial charge in [0.05, 0.1) is 4.47 Å². The lowest BCUT2D eigenvalue weighted by atomic mass is 10.1. The summed E-state index contributed by atoms with van der Waals surface area (Å²) >= 11 is 2.38. The second kappa shape index (κ2) is 3.49. The molecule has 1 aromatic carbocycles. The third-order valence-corrected chi connectivity index (χ3v) is 2.37. The molecule has 14 heavy (non-hydrogen) atoms. The summed E-state index contributed by atoms with van der Waals surface area (Å²) in [5, 5.41) is 0. The Morgan fingerprint density at radius 3 is 2.14 bits per heavy atom. The second-order valence-corrected chi connectivity index (χ2v) is 3.47. The fourth-order valence-corrected chi connectivity index (χ4v) is 1.70. The molecular weight excluding hydrogens is 271 g/mol. The van der Waals surface area contributed by atoms with E-state index in [0.717, 1.165) is 0 Å². The van der Waals surface area contributed by atoms with Gasteiger partial charge in [0.2, 0.25) is 0 Å². The number of benzene rings is 1. The van der Waals surface area contributed by atoms with Crippen molar-refractivity contribution in [2.45, 2.75) is 13.1 Å². The molecule has 0 heterocycles. The Bertz CT molecular complexity index is 369. The molecule has 0 aromatic heterocycles. The largest absolute Gasteiger partial charge is 0.420 e. The van der Waals surface area contributed by atoms with Gasteiger partial charge >= 0.3 is 6.18 Å². The van der Waals surface area contributed by atoms with Gasteiger partial charge in [-0.15, -0.1) is 0 Å². The third kappa shape index (κ3) is 1.89. The highest BCUT2D eigenvalue weighted by Gasteiger charge is 2.38. The quantitative estimate of drug-likeness (QED) is 0.495. The van der Waals surface area contributed by atoms with Crippen LogP contribution in [0.25, 0.3) is 0 Å². The van der Waals surface area contributed by atoms with E-state index in [9.17, 15) is 22.0 Å². The first kappa shape index (κ1) is 11.4. The van der Waals surface area contributed by atoms with Crippen molar-refractivity contribution >= 4 is 15.9 Å². The van der Waals surface area contributed by atoms with E-state index in [-0.39, 0.29) is 5.56 Å². The van der Waals surface area contributed by atoms with Crippen molar-refractivity contribution < 1.29 is 22.0 Å². The van der Waals surface area contributed by atoms with Crippen molar-refractivity contribution in [1.29, 1.82) is 0 Å². The number of alkyl halides is 3. The summed E-state index contributed by atoms with van der Waals surface area (Å²) in [7, 11) is 0. The van der Waals surface area contributed by atoms with Crippen molar-refractivity contribution in [2.24, 2.45) is 0 Å². The van der Waals surface area contributed by atoms with Crippen molar-refractivity contribution in [3.63, 3.8) is 0 Å². The van der Waals surface area contributed by atoms with Crippen LogP contribution in [0, 0.1) is 18.6 Å². The Morgan fingerprint density at radius 1 is 1.21 bits per heavy atom. The summed E-state index contributed by atoms with van der Waals surface area (Å²) in [6, 6.07) is 0.517. The van der Waals surface area contributed by atoms with Gasteiger partial charge in [-0.2, -0.15) is 13.2 Å². The minimum Gasteiger partial charge on any atom is -0.206 e. The SMILES string of the molecule is Cc1cc(F)c(C(F)(F)F)c(Br)c1F. The highest BCUT2D eigenvalue weighted by molar-refractivity contribution is 9.10. The first-order chi connectivity index (χ1) is 6.25. The summed E-state index contributed by atoms with van der Waals surface area (Å²) < 4.78 is 61.5. The lowest BCUT2D eigenvalue weighted by Gasteiger charge is -2.11. The first-order valence-corrected chi connectivity index (χ1v) is 4.25. The zero-order chi connectivity index (χ0) is 11.1. The van der Waals surface area contributed by atoms with Crippen LogP contribution in [0.1, 0.15) is 11.1 Å². The van der Waals surface area contributed by atoms with Crippen LogP contribution in [0.15, 0.2) is 10.5 Å². The predicted molar refractivity (Wildman–Crippen MR) is 43.8 cm³/mol. The zero-order valence-corrected chi connectivity index (χ0v) is 8.43. The molecule has 0 amide bonds. The van der Waals surface area contributed by atoms with Crippen LogP contribution in [0.4, 0.5) is 22.0 Å². The summed E-state index contributed by atoms with van der Waals surface area (Å²) in [5.41, 5.74) is -1.79. The molecule has 0 N–H and O–H groups in total. The smallest absolute Gasteiger partial charge is 0.206 e. The van der Waals surface area contributed by atoms with Gasteiger partial charge in [0.1, 0.15) is 17.2 Å². The maximum absolute atomic E-state index is 13.0. The average molecular weight is 275 g/mol. The van der Waals surface area contributed by atoms with E-state index in [2.05, 4.69) is 15.9 Å². The van der Waals surface area contributed by atoms with Crippen molar-refractivity contribution in [2.75, 3.05) is 0 Å². The molecule has 0 unspecified atom stereocenters. The number of rotatable bonds is 0. The summed E-state index contributed by atoms with van der Waals surface area (Å²) in [6.07, 6.45) is -4.91. The molecule has 0 aliphatic heterocycles. The lowest BCUT2D eigenvalue weighted by molar-refractivity contribution is -0.140. The van der Waals surface area contributed by atoms with E-state index in [0.29, 0.717) is 6.07 Å². The van der Waals surface area contributed by atoms with Crippen LogP contribution >= 0.6 is 15.9 Å². The molecular formula is C8H4BrF5. The van der Waals surface area contributed by atoms with Crippen LogP contribution in [0.5, 0.6) is 0 Å². The molecule has 1 aromatic rings. The average Bonchev–Trinajstić information content (AvgIpc) is 1.97. The number of aryl methyl sites for hydroxylation is 1. The van der Waals surface area contributed by atoms with Gasteiger partial charge in [-0.25, -0.2) is 8.78 Å². The van der Waals surface area contributed by atoms with Crippen molar-refractivity contribution in [3.8, 4) is 0 Å². The maximum atomic E-state index is 13.0. The van der Waals surface area contributed by atoms with E-state index in [4.69, 9.17) is 0 Å². The van der Waals surface area contributed by atoms with Gasteiger partial charge in [0, 0.05) is 0 Å². The Kier molecular flexibility index (Phi) is 2.85. The lowest BCUT2D eigenvalue weighted by Crippen LogP contribution is -2.11. The van der Waals surface area contributed by atoms with Crippen LogP contribution < -0.4 is 0 Å². The van der Waals surface area contributed by atoms with Crippen LogP contribution in [-0.2, 0) is 6.18 Å². The number of halogens is 6. The Balaban J connectivity index is 3.53.